The molecule has 0 aliphatic rings. The Morgan fingerprint density at radius 3 is 2.84 bits per heavy atom. The van der Waals surface area contributed by atoms with E-state index in [4.69, 9.17) is 16.9 Å². The summed E-state index contributed by atoms with van der Waals surface area (Å²) in [5.74, 6) is 0.102. The molecule has 2 heterocycles. The molecule has 0 saturated heterocycles. The van der Waals surface area contributed by atoms with Crippen molar-refractivity contribution < 1.29 is 4.79 Å². The van der Waals surface area contributed by atoms with Gasteiger partial charge in [0.1, 0.15) is 11.1 Å². The first kappa shape index (κ1) is 13.1. The fourth-order valence-electron chi connectivity index (χ4n) is 1.46. The maximum atomic E-state index is 11.7. The maximum absolute atomic E-state index is 11.7. The van der Waals surface area contributed by atoms with E-state index in [-0.39, 0.29) is 16.6 Å². The van der Waals surface area contributed by atoms with Crippen molar-refractivity contribution in [3.63, 3.8) is 0 Å². The molecule has 0 aromatic carbocycles. The van der Waals surface area contributed by atoms with E-state index in [9.17, 15) is 4.79 Å². The summed E-state index contributed by atoms with van der Waals surface area (Å²) in [6.45, 7) is 0. The van der Waals surface area contributed by atoms with Crippen LogP contribution in [0.1, 0.15) is 16.1 Å². The predicted octanol–water partition coefficient (Wildman–Crippen LogP) is 1.49. The smallest absolute Gasteiger partial charge is 0.273 e. The van der Waals surface area contributed by atoms with Crippen LogP contribution in [0, 0.1) is 11.3 Å². The van der Waals surface area contributed by atoms with Crippen molar-refractivity contribution in [1.29, 1.82) is 5.26 Å². The minimum absolute atomic E-state index is 0.206. The number of carbonyl (C=O) groups is 1. The fourth-order valence-corrected chi connectivity index (χ4v) is 1.70. The summed E-state index contributed by atoms with van der Waals surface area (Å²) in [5, 5.41) is 13.2. The van der Waals surface area contributed by atoms with Gasteiger partial charge in [-0.15, -0.1) is 0 Å². The Morgan fingerprint density at radius 1 is 1.47 bits per heavy atom. The molecule has 19 heavy (non-hydrogen) atoms. The van der Waals surface area contributed by atoms with Crippen LogP contribution in [-0.4, -0.2) is 39.7 Å². The van der Waals surface area contributed by atoms with Crippen LogP contribution in [0.5, 0.6) is 0 Å². The molecule has 0 aliphatic heterocycles. The zero-order chi connectivity index (χ0) is 14.0. The first-order valence-corrected chi connectivity index (χ1v) is 5.74. The van der Waals surface area contributed by atoms with Gasteiger partial charge in [0.15, 0.2) is 11.5 Å². The largest absolute Gasteiger partial charge is 0.343 e. The van der Waals surface area contributed by atoms with Crippen LogP contribution >= 0.6 is 11.6 Å². The van der Waals surface area contributed by atoms with Crippen molar-refractivity contribution in [2.24, 2.45) is 0 Å². The molecule has 6 nitrogen and oxygen atoms in total. The zero-order valence-electron chi connectivity index (χ0n) is 10.3. The van der Waals surface area contributed by atoms with Gasteiger partial charge in [-0.3, -0.25) is 4.79 Å². The minimum atomic E-state index is -0.216. The summed E-state index contributed by atoms with van der Waals surface area (Å²) in [4.78, 5) is 17.2. The number of rotatable bonds is 2. The molecular formula is C12H10ClN5O. The number of hydrogen-bond acceptors (Lipinski definition) is 4. The van der Waals surface area contributed by atoms with E-state index in [0.717, 1.165) is 0 Å². The summed E-state index contributed by atoms with van der Waals surface area (Å²) in [5.41, 5.74) is 0.591. The van der Waals surface area contributed by atoms with E-state index in [1.165, 1.54) is 21.8 Å². The van der Waals surface area contributed by atoms with Crippen molar-refractivity contribution in [2.75, 3.05) is 14.1 Å². The van der Waals surface area contributed by atoms with Crippen LogP contribution in [0.4, 0.5) is 0 Å². The molecule has 7 heteroatoms. The first-order valence-electron chi connectivity index (χ1n) is 5.37. The van der Waals surface area contributed by atoms with Crippen LogP contribution in [0.15, 0.2) is 24.5 Å². The Bertz CT molecular complexity index is 671. The molecule has 96 valence electrons. The lowest BCUT2D eigenvalue weighted by molar-refractivity contribution is 0.0821. The number of halogens is 1. The number of hydrogen-bond donors (Lipinski definition) is 0. The Hall–Kier alpha value is -2.39. The van der Waals surface area contributed by atoms with Gasteiger partial charge < -0.3 is 4.90 Å². The molecule has 0 radical (unpaired) electrons. The number of aromatic nitrogens is 3. The van der Waals surface area contributed by atoms with Crippen LogP contribution in [0.25, 0.3) is 5.82 Å². The van der Waals surface area contributed by atoms with Crippen LogP contribution in [0.3, 0.4) is 0 Å². The molecule has 1 amide bonds. The lowest BCUT2D eigenvalue weighted by Gasteiger charge is -2.07. The molecule has 2 aromatic rings. The SMILES string of the molecule is CN(C)C(=O)c1ccn(-c2nccc(C#N)c2Cl)n1. The van der Waals surface area contributed by atoms with Gasteiger partial charge in [0, 0.05) is 26.5 Å². The van der Waals surface area contributed by atoms with Crippen LogP contribution in [-0.2, 0) is 0 Å². The van der Waals surface area contributed by atoms with Crippen molar-refractivity contribution in [2.45, 2.75) is 0 Å². The Balaban J connectivity index is 2.45. The molecule has 0 unspecified atom stereocenters. The van der Waals surface area contributed by atoms with E-state index >= 15 is 0 Å². The highest BCUT2D eigenvalue weighted by Gasteiger charge is 2.15. The number of nitrogens with zero attached hydrogens (tertiary/aromatic N) is 5. The van der Waals surface area contributed by atoms with Gasteiger partial charge in [0.25, 0.3) is 5.91 Å². The molecule has 0 spiro atoms. The third kappa shape index (κ3) is 2.41. The van der Waals surface area contributed by atoms with Gasteiger partial charge in [-0.25, -0.2) is 9.67 Å². The number of nitriles is 1. The van der Waals surface area contributed by atoms with Gasteiger partial charge >= 0.3 is 0 Å². The van der Waals surface area contributed by atoms with Crippen LogP contribution < -0.4 is 0 Å². The average molecular weight is 276 g/mol. The molecule has 0 atom stereocenters. The quantitative estimate of drug-likeness (QED) is 0.832. The Kier molecular flexibility index (Phi) is 3.49. The third-order valence-corrected chi connectivity index (χ3v) is 2.80. The first-order chi connectivity index (χ1) is 9.04. The summed E-state index contributed by atoms with van der Waals surface area (Å²) in [6.07, 6.45) is 3.04. The second-order valence-corrected chi connectivity index (χ2v) is 4.33. The van der Waals surface area contributed by atoms with Gasteiger partial charge in [-0.2, -0.15) is 10.4 Å². The average Bonchev–Trinajstić information content (AvgIpc) is 2.87. The predicted molar refractivity (Wildman–Crippen MR) is 69.1 cm³/mol. The normalized spacial score (nSPS) is 10.0. The molecule has 0 saturated carbocycles. The van der Waals surface area contributed by atoms with Crippen molar-refractivity contribution >= 4 is 17.5 Å². The second-order valence-electron chi connectivity index (χ2n) is 3.95. The standard InChI is InChI=1S/C12H10ClN5O/c1-17(2)12(19)9-4-6-18(16-9)11-10(13)8(7-14)3-5-15-11/h3-6H,1-2H3. The third-order valence-electron chi connectivity index (χ3n) is 2.42. The Labute approximate surface area is 114 Å². The molecule has 2 rings (SSSR count). The summed E-state index contributed by atoms with van der Waals surface area (Å²) in [6, 6.07) is 5.05. The van der Waals surface area contributed by atoms with E-state index in [1.807, 2.05) is 6.07 Å². The fraction of sp³-hybridized carbons (Fsp3) is 0.167. The molecular weight excluding hydrogens is 266 g/mol. The van der Waals surface area contributed by atoms with Gasteiger partial charge in [0.05, 0.1) is 5.56 Å². The highest BCUT2D eigenvalue weighted by molar-refractivity contribution is 6.33. The van der Waals surface area contributed by atoms with Crippen molar-refractivity contribution in [3.8, 4) is 11.9 Å². The number of pyridine rings is 1. The molecule has 2 aromatic heterocycles. The van der Waals surface area contributed by atoms with Crippen molar-refractivity contribution in [1.82, 2.24) is 19.7 Å². The molecule has 0 N–H and O–H groups in total. The highest BCUT2D eigenvalue weighted by Crippen LogP contribution is 2.21. The summed E-state index contributed by atoms with van der Waals surface area (Å²) < 4.78 is 1.37. The molecule has 0 bridgehead atoms. The van der Waals surface area contributed by atoms with Gasteiger partial charge in [-0.1, -0.05) is 11.6 Å². The minimum Gasteiger partial charge on any atom is -0.343 e. The second kappa shape index (κ2) is 5.08. The van der Waals surface area contributed by atoms with E-state index in [1.54, 1.807) is 26.4 Å². The van der Waals surface area contributed by atoms with Crippen LogP contribution in [0.2, 0.25) is 5.02 Å². The molecule has 0 aliphatic carbocycles. The number of carbonyl (C=O) groups excluding carboxylic acids is 1. The lowest BCUT2D eigenvalue weighted by Crippen LogP contribution is -2.22. The topological polar surface area (TPSA) is 74.8 Å². The van der Waals surface area contributed by atoms with E-state index in [0.29, 0.717) is 11.4 Å². The van der Waals surface area contributed by atoms with Crippen molar-refractivity contribution in [3.05, 3.63) is 40.8 Å². The summed E-state index contributed by atoms with van der Waals surface area (Å²) >= 11 is 6.05. The maximum Gasteiger partial charge on any atom is 0.273 e. The molecule has 0 fully saturated rings. The van der Waals surface area contributed by atoms with E-state index in [2.05, 4.69) is 10.1 Å². The van der Waals surface area contributed by atoms with Gasteiger partial charge in [-0.05, 0) is 12.1 Å². The zero-order valence-corrected chi connectivity index (χ0v) is 11.1. The van der Waals surface area contributed by atoms with E-state index < -0.39 is 0 Å². The lowest BCUT2D eigenvalue weighted by atomic mass is 10.3. The monoisotopic (exact) mass is 275 g/mol. The Morgan fingerprint density at radius 2 is 2.21 bits per heavy atom. The number of amides is 1. The van der Waals surface area contributed by atoms with Gasteiger partial charge in [0.2, 0.25) is 0 Å². The summed E-state index contributed by atoms with van der Waals surface area (Å²) in [7, 11) is 3.28. The highest BCUT2D eigenvalue weighted by atomic mass is 35.5.